The Morgan fingerprint density at radius 3 is 2.65 bits per heavy atom. The first kappa shape index (κ1) is 24.8. The standard InChI is InChI=1S/C25H28N6O5S/c1-12-6-13-8-17(37-20(13)16(7-12)35-5)19-18-21(26)27-11-28-22(18)31(29-19)14-9-15(23(32)33)30(10-14)24(34)36-25(2,3)4/h6-8,11,14-15H,9-10H2,1-5H3,(H,32,33)(H2,26,27,28)/t14-,15?/m0/s1. The molecule has 0 aliphatic carbocycles. The zero-order valence-electron chi connectivity index (χ0n) is 21.2. The van der Waals surface area contributed by atoms with Crippen LogP contribution in [0.4, 0.5) is 10.6 Å². The minimum absolute atomic E-state index is 0.103. The molecule has 37 heavy (non-hydrogen) atoms. The molecule has 1 aliphatic heterocycles. The lowest BCUT2D eigenvalue weighted by Gasteiger charge is -2.26. The first-order valence-corrected chi connectivity index (χ1v) is 12.6. The summed E-state index contributed by atoms with van der Waals surface area (Å²) in [5.41, 5.74) is 7.68. The predicted molar refractivity (Wildman–Crippen MR) is 140 cm³/mol. The van der Waals surface area contributed by atoms with Gasteiger partial charge in [-0.05, 0) is 50.8 Å². The summed E-state index contributed by atoms with van der Waals surface area (Å²) in [4.78, 5) is 35.6. The summed E-state index contributed by atoms with van der Waals surface area (Å²) in [6.07, 6.45) is 0.820. The van der Waals surface area contributed by atoms with E-state index in [1.165, 1.54) is 22.6 Å². The molecular weight excluding hydrogens is 496 g/mol. The van der Waals surface area contributed by atoms with Gasteiger partial charge in [-0.3, -0.25) is 4.90 Å². The van der Waals surface area contributed by atoms with Gasteiger partial charge in [-0.1, -0.05) is 6.07 Å². The first-order valence-electron chi connectivity index (χ1n) is 11.8. The number of carbonyl (C=O) groups excluding carboxylic acids is 1. The quantitative estimate of drug-likeness (QED) is 0.400. The van der Waals surface area contributed by atoms with Crippen molar-refractivity contribution in [1.29, 1.82) is 0 Å². The van der Waals surface area contributed by atoms with Gasteiger partial charge in [-0.15, -0.1) is 11.3 Å². The number of carboxylic acids is 1. The smallest absolute Gasteiger partial charge is 0.411 e. The highest BCUT2D eigenvalue weighted by atomic mass is 32.1. The van der Waals surface area contributed by atoms with Crippen LogP contribution in [0.3, 0.4) is 0 Å². The number of aliphatic carboxylic acids is 1. The van der Waals surface area contributed by atoms with Crippen LogP contribution in [0, 0.1) is 6.92 Å². The number of hydrogen-bond donors (Lipinski definition) is 2. The molecule has 3 N–H and O–H groups in total. The zero-order valence-corrected chi connectivity index (χ0v) is 22.0. The molecule has 194 valence electrons. The normalized spacial score (nSPS) is 18.0. The van der Waals surface area contributed by atoms with Crippen LogP contribution in [-0.4, -0.2) is 67.1 Å². The lowest BCUT2D eigenvalue weighted by Crippen LogP contribution is -2.43. The second-order valence-electron chi connectivity index (χ2n) is 10.1. The van der Waals surface area contributed by atoms with Gasteiger partial charge < -0.3 is 20.3 Å². The number of rotatable bonds is 4. The minimum Gasteiger partial charge on any atom is -0.495 e. The summed E-state index contributed by atoms with van der Waals surface area (Å²) in [5.74, 6) is -0.0675. The van der Waals surface area contributed by atoms with Crippen molar-refractivity contribution in [3.8, 4) is 16.3 Å². The van der Waals surface area contributed by atoms with Gasteiger partial charge in [0.05, 0.1) is 28.1 Å². The lowest BCUT2D eigenvalue weighted by atomic mass is 10.1. The third-order valence-corrected chi connectivity index (χ3v) is 7.41. The molecule has 5 rings (SSSR count). The van der Waals surface area contributed by atoms with Gasteiger partial charge >= 0.3 is 12.1 Å². The van der Waals surface area contributed by atoms with Crippen molar-refractivity contribution in [2.45, 2.75) is 51.8 Å². The van der Waals surface area contributed by atoms with E-state index in [2.05, 4.69) is 16.0 Å². The number of aromatic nitrogens is 4. The van der Waals surface area contributed by atoms with Crippen LogP contribution in [0.25, 0.3) is 31.7 Å². The molecule has 1 unspecified atom stereocenters. The van der Waals surface area contributed by atoms with Gasteiger partial charge in [-0.25, -0.2) is 24.2 Å². The van der Waals surface area contributed by atoms with Crippen molar-refractivity contribution < 1.29 is 24.2 Å². The van der Waals surface area contributed by atoms with E-state index in [1.54, 1.807) is 32.6 Å². The summed E-state index contributed by atoms with van der Waals surface area (Å²) in [6.45, 7) is 7.32. The molecule has 11 nitrogen and oxygen atoms in total. The highest BCUT2D eigenvalue weighted by molar-refractivity contribution is 7.22. The fourth-order valence-corrected chi connectivity index (χ4v) is 5.83. The van der Waals surface area contributed by atoms with Gasteiger partial charge in [0, 0.05) is 13.0 Å². The van der Waals surface area contributed by atoms with Crippen LogP contribution >= 0.6 is 11.3 Å². The molecule has 1 aromatic carbocycles. The molecule has 1 amide bonds. The van der Waals surface area contributed by atoms with E-state index in [9.17, 15) is 14.7 Å². The number of amides is 1. The van der Waals surface area contributed by atoms with Gasteiger partial charge in [-0.2, -0.15) is 5.10 Å². The number of hydrogen-bond acceptors (Lipinski definition) is 9. The second kappa shape index (κ2) is 8.87. The zero-order chi connectivity index (χ0) is 26.6. The lowest BCUT2D eigenvalue weighted by molar-refractivity contribution is -0.142. The molecule has 12 heteroatoms. The second-order valence-corrected chi connectivity index (χ2v) is 11.2. The molecule has 2 atom stereocenters. The number of thiophene rings is 1. The van der Waals surface area contributed by atoms with Gasteiger partial charge in [0.15, 0.2) is 5.65 Å². The minimum atomic E-state index is -1.11. The number of carboxylic acid groups (broad SMARTS) is 1. The Hall–Kier alpha value is -3.93. The Balaban J connectivity index is 1.61. The van der Waals surface area contributed by atoms with E-state index in [1.807, 2.05) is 19.1 Å². The largest absolute Gasteiger partial charge is 0.495 e. The Morgan fingerprint density at radius 2 is 1.97 bits per heavy atom. The number of fused-ring (bicyclic) bond motifs is 2. The van der Waals surface area contributed by atoms with Crippen LogP contribution in [0.2, 0.25) is 0 Å². The number of ether oxygens (including phenoxy) is 2. The SMILES string of the molecule is COc1cc(C)cc2cc(-c3nn([C@H]4CC(C(=O)O)N(C(=O)OC(C)(C)C)C4)c4ncnc(N)c34)sc12. The number of benzene rings is 1. The van der Waals surface area contributed by atoms with Gasteiger partial charge in [0.1, 0.15) is 35.2 Å². The van der Waals surface area contributed by atoms with Crippen molar-refractivity contribution in [1.82, 2.24) is 24.6 Å². The average Bonchev–Trinajstić information content (AvgIpc) is 3.52. The number of nitrogen functional groups attached to an aromatic ring is 1. The Bertz CT molecular complexity index is 1540. The molecule has 0 radical (unpaired) electrons. The summed E-state index contributed by atoms with van der Waals surface area (Å²) >= 11 is 1.52. The molecule has 1 aliphatic rings. The van der Waals surface area contributed by atoms with E-state index in [0.717, 1.165) is 26.3 Å². The Labute approximate surface area is 216 Å². The fourth-order valence-electron chi connectivity index (χ4n) is 4.70. The molecule has 4 aromatic rings. The third-order valence-electron chi connectivity index (χ3n) is 6.24. The van der Waals surface area contributed by atoms with Crippen LogP contribution in [-0.2, 0) is 9.53 Å². The summed E-state index contributed by atoms with van der Waals surface area (Å²) in [7, 11) is 1.64. The average molecular weight is 525 g/mol. The van der Waals surface area contributed by atoms with Crippen LogP contribution in [0.5, 0.6) is 5.75 Å². The summed E-state index contributed by atoms with van der Waals surface area (Å²) in [6, 6.07) is 4.57. The van der Waals surface area contributed by atoms with E-state index in [4.69, 9.17) is 20.3 Å². The third kappa shape index (κ3) is 4.41. The Morgan fingerprint density at radius 1 is 1.22 bits per heavy atom. The maximum absolute atomic E-state index is 12.8. The molecule has 1 saturated heterocycles. The number of nitrogens with two attached hydrogens (primary N) is 1. The van der Waals surface area contributed by atoms with Crippen LogP contribution < -0.4 is 10.5 Å². The topological polar surface area (TPSA) is 146 Å². The van der Waals surface area contributed by atoms with Crippen LogP contribution in [0.15, 0.2) is 24.5 Å². The van der Waals surface area contributed by atoms with Crippen molar-refractivity contribution in [2.24, 2.45) is 0 Å². The predicted octanol–water partition coefficient (Wildman–Crippen LogP) is 4.24. The van der Waals surface area contributed by atoms with Gasteiger partial charge in [0.2, 0.25) is 0 Å². The first-order chi connectivity index (χ1) is 17.5. The summed E-state index contributed by atoms with van der Waals surface area (Å²) < 4.78 is 13.7. The monoisotopic (exact) mass is 524 g/mol. The van der Waals surface area contributed by atoms with Crippen molar-refractivity contribution >= 4 is 50.3 Å². The number of anilines is 1. The van der Waals surface area contributed by atoms with Crippen molar-refractivity contribution in [2.75, 3.05) is 19.4 Å². The highest BCUT2D eigenvalue weighted by Gasteiger charge is 2.43. The van der Waals surface area contributed by atoms with Crippen molar-refractivity contribution in [3.63, 3.8) is 0 Å². The molecule has 0 spiro atoms. The molecule has 0 bridgehead atoms. The van der Waals surface area contributed by atoms with Crippen molar-refractivity contribution in [3.05, 3.63) is 30.1 Å². The number of aryl methyl sites for hydroxylation is 1. The number of nitrogens with zero attached hydrogens (tertiary/aromatic N) is 5. The maximum Gasteiger partial charge on any atom is 0.411 e. The Kier molecular flexibility index (Phi) is 5.94. The van der Waals surface area contributed by atoms with E-state index in [0.29, 0.717) is 16.7 Å². The molecular formula is C25H28N6O5S. The van der Waals surface area contributed by atoms with E-state index < -0.39 is 29.7 Å². The number of methoxy groups -OCH3 is 1. The molecule has 4 heterocycles. The highest BCUT2D eigenvalue weighted by Crippen LogP contribution is 2.43. The van der Waals surface area contributed by atoms with E-state index in [-0.39, 0.29) is 18.8 Å². The van der Waals surface area contributed by atoms with Gasteiger partial charge in [0.25, 0.3) is 0 Å². The number of likely N-dealkylation sites (tertiary alicyclic amines) is 1. The molecule has 3 aromatic heterocycles. The fraction of sp³-hybridized carbons (Fsp3) is 0.400. The molecule has 1 fully saturated rings. The number of carbonyl (C=O) groups is 2. The maximum atomic E-state index is 12.8. The van der Waals surface area contributed by atoms with Crippen LogP contribution in [0.1, 0.15) is 38.8 Å². The molecule has 0 saturated carbocycles. The summed E-state index contributed by atoms with van der Waals surface area (Å²) in [5, 5.41) is 16.3. The van der Waals surface area contributed by atoms with E-state index >= 15 is 0 Å².